The van der Waals surface area contributed by atoms with Gasteiger partial charge in [-0.25, -0.2) is 0 Å². The van der Waals surface area contributed by atoms with Crippen LogP contribution in [0.3, 0.4) is 0 Å². The fraction of sp³-hybridized carbons (Fsp3) is 0.556. The minimum absolute atomic E-state index is 0.127. The van der Waals surface area contributed by atoms with E-state index in [4.69, 9.17) is 21.1 Å². The molecule has 1 aromatic rings. The first-order valence-corrected chi connectivity index (χ1v) is 8.82. The molecule has 0 aromatic heterocycles. The van der Waals surface area contributed by atoms with Gasteiger partial charge in [-0.1, -0.05) is 24.6 Å². The highest BCUT2D eigenvalue weighted by Gasteiger charge is 2.36. The Hall–Kier alpha value is -1.95. The van der Waals surface area contributed by atoms with Crippen LogP contribution in [0.15, 0.2) is 23.2 Å². The zero-order chi connectivity index (χ0) is 18.4. The number of rotatable bonds is 5. The van der Waals surface area contributed by atoms with E-state index < -0.39 is 0 Å². The molecule has 1 heterocycles. The highest BCUT2D eigenvalue weighted by Crippen LogP contribution is 2.25. The van der Waals surface area contributed by atoms with Crippen molar-refractivity contribution < 1.29 is 14.3 Å². The summed E-state index contributed by atoms with van der Waals surface area (Å²) in [5, 5.41) is 3.99. The van der Waals surface area contributed by atoms with Crippen LogP contribution >= 0.6 is 11.6 Å². The Labute approximate surface area is 154 Å². The van der Waals surface area contributed by atoms with Gasteiger partial charge in [-0.15, -0.1) is 0 Å². The van der Waals surface area contributed by atoms with Gasteiger partial charge in [0.1, 0.15) is 5.75 Å². The molecule has 1 aliphatic rings. The Balaban J connectivity index is 2.03. The summed E-state index contributed by atoms with van der Waals surface area (Å²) in [5.41, 5.74) is 1.00. The van der Waals surface area contributed by atoms with Gasteiger partial charge in [-0.2, -0.15) is 0 Å². The van der Waals surface area contributed by atoms with Crippen molar-refractivity contribution >= 4 is 23.5 Å². The number of hydrogen-bond acceptors (Lipinski definition) is 4. The molecule has 7 heteroatoms. The molecule has 0 spiro atoms. The number of nitrogens with zero attached hydrogens (tertiary/aromatic N) is 2. The molecule has 0 aliphatic carbocycles. The van der Waals surface area contributed by atoms with Crippen molar-refractivity contribution in [3.8, 4) is 5.75 Å². The van der Waals surface area contributed by atoms with Crippen molar-refractivity contribution in [2.75, 3.05) is 33.9 Å². The molecule has 25 heavy (non-hydrogen) atoms. The fourth-order valence-corrected chi connectivity index (χ4v) is 3.23. The number of hydrogen-bond donors (Lipinski definition) is 1. The molecule has 1 fully saturated rings. The lowest BCUT2D eigenvalue weighted by Gasteiger charge is -2.22. The molecule has 6 nitrogen and oxygen atoms in total. The van der Waals surface area contributed by atoms with E-state index in [2.05, 4.69) is 22.1 Å². The van der Waals surface area contributed by atoms with Crippen molar-refractivity contribution in [1.29, 1.82) is 0 Å². The molecule has 0 bridgehead atoms. The molecular weight excluding hydrogens is 342 g/mol. The van der Waals surface area contributed by atoms with E-state index in [1.165, 1.54) is 7.11 Å². The maximum Gasteiger partial charge on any atom is 0.310 e. The highest BCUT2D eigenvalue weighted by atomic mass is 35.5. The van der Waals surface area contributed by atoms with Gasteiger partial charge in [0, 0.05) is 37.3 Å². The number of aliphatic imine (C=N–C) groups is 1. The maximum absolute atomic E-state index is 11.9. The number of halogens is 1. The van der Waals surface area contributed by atoms with Crippen LogP contribution in [0, 0.1) is 11.8 Å². The van der Waals surface area contributed by atoms with Crippen molar-refractivity contribution in [3.05, 3.63) is 28.8 Å². The molecule has 0 amide bonds. The predicted octanol–water partition coefficient (Wildman–Crippen LogP) is 2.56. The third-order valence-corrected chi connectivity index (χ3v) is 4.63. The standard InChI is InChI=1S/C18H26ClN3O3/c1-5-25-16-8-14(19)7-6-13(16)9-21-18(20-3)22-10-12(2)15(11-22)17(23)24-4/h6-8,12,15H,5,9-11H2,1-4H3,(H,20,21). The molecule has 138 valence electrons. The molecule has 0 radical (unpaired) electrons. The third kappa shape index (κ3) is 4.78. The van der Waals surface area contributed by atoms with Gasteiger partial charge in [0.25, 0.3) is 0 Å². The average Bonchev–Trinajstić information content (AvgIpc) is 2.98. The maximum atomic E-state index is 11.9. The predicted molar refractivity (Wildman–Crippen MR) is 99.1 cm³/mol. The van der Waals surface area contributed by atoms with Crippen LogP contribution in [0.25, 0.3) is 0 Å². The quantitative estimate of drug-likeness (QED) is 0.492. The number of methoxy groups -OCH3 is 1. The van der Waals surface area contributed by atoms with E-state index in [1.54, 1.807) is 7.05 Å². The number of likely N-dealkylation sites (tertiary alicyclic amines) is 1. The van der Waals surface area contributed by atoms with Crippen LogP contribution in [0.4, 0.5) is 0 Å². The molecule has 1 N–H and O–H groups in total. The lowest BCUT2D eigenvalue weighted by Crippen LogP contribution is -2.40. The molecule has 1 aromatic carbocycles. The second-order valence-electron chi connectivity index (χ2n) is 6.10. The second-order valence-corrected chi connectivity index (χ2v) is 6.53. The summed E-state index contributed by atoms with van der Waals surface area (Å²) in [7, 11) is 3.17. The summed E-state index contributed by atoms with van der Waals surface area (Å²) in [5.74, 6) is 1.45. The van der Waals surface area contributed by atoms with Crippen LogP contribution in [0.2, 0.25) is 5.02 Å². The first-order valence-electron chi connectivity index (χ1n) is 8.44. The Morgan fingerprint density at radius 2 is 2.20 bits per heavy atom. The van der Waals surface area contributed by atoms with E-state index in [9.17, 15) is 4.79 Å². The van der Waals surface area contributed by atoms with Crippen molar-refractivity contribution in [3.63, 3.8) is 0 Å². The van der Waals surface area contributed by atoms with Gasteiger partial charge in [0.15, 0.2) is 5.96 Å². The van der Waals surface area contributed by atoms with Crippen LogP contribution in [0.5, 0.6) is 5.75 Å². The van der Waals surface area contributed by atoms with Gasteiger partial charge < -0.3 is 19.7 Å². The zero-order valence-electron chi connectivity index (χ0n) is 15.2. The van der Waals surface area contributed by atoms with Crippen molar-refractivity contribution in [2.45, 2.75) is 20.4 Å². The summed E-state index contributed by atoms with van der Waals surface area (Å²) in [6.07, 6.45) is 0. The minimum Gasteiger partial charge on any atom is -0.493 e. The third-order valence-electron chi connectivity index (χ3n) is 4.39. The van der Waals surface area contributed by atoms with Crippen LogP contribution in [-0.4, -0.2) is 50.7 Å². The Kier molecular flexibility index (Phi) is 6.93. The van der Waals surface area contributed by atoms with E-state index in [0.717, 1.165) is 23.8 Å². The summed E-state index contributed by atoms with van der Waals surface area (Å²) >= 11 is 6.05. The largest absolute Gasteiger partial charge is 0.493 e. The van der Waals surface area contributed by atoms with Crippen molar-refractivity contribution in [1.82, 2.24) is 10.2 Å². The molecule has 1 aliphatic heterocycles. The number of esters is 1. The van der Waals surface area contributed by atoms with Gasteiger partial charge in [0.05, 0.1) is 19.6 Å². The first kappa shape index (κ1) is 19.4. The number of carbonyl (C=O) groups is 1. The van der Waals surface area contributed by atoms with Gasteiger partial charge >= 0.3 is 5.97 Å². The number of carbonyl (C=O) groups excluding carboxylic acids is 1. The summed E-state index contributed by atoms with van der Waals surface area (Å²) < 4.78 is 10.5. The summed E-state index contributed by atoms with van der Waals surface area (Å²) in [6.45, 7) is 6.50. The summed E-state index contributed by atoms with van der Waals surface area (Å²) in [6, 6.07) is 5.60. The van der Waals surface area contributed by atoms with E-state index in [1.807, 2.05) is 25.1 Å². The SMILES string of the molecule is CCOc1cc(Cl)ccc1CNC(=NC)N1CC(C)C(C(=O)OC)C1. The van der Waals surface area contributed by atoms with Crippen molar-refractivity contribution in [2.24, 2.45) is 16.8 Å². The highest BCUT2D eigenvalue weighted by molar-refractivity contribution is 6.30. The monoisotopic (exact) mass is 367 g/mol. The lowest BCUT2D eigenvalue weighted by molar-refractivity contribution is -0.145. The van der Waals surface area contributed by atoms with Crippen LogP contribution < -0.4 is 10.1 Å². The second kappa shape index (κ2) is 8.94. The van der Waals surface area contributed by atoms with E-state index in [0.29, 0.717) is 24.7 Å². The number of benzene rings is 1. The summed E-state index contributed by atoms with van der Waals surface area (Å²) in [4.78, 5) is 18.3. The lowest BCUT2D eigenvalue weighted by atomic mass is 9.99. The molecular formula is C18H26ClN3O3. The molecule has 2 atom stereocenters. The number of ether oxygens (including phenoxy) is 2. The smallest absolute Gasteiger partial charge is 0.310 e. The average molecular weight is 368 g/mol. The van der Waals surface area contributed by atoms with Gasteiger partial charge in [-0.05, 0) is 25.0 Å². The Morgan fingerprint density at radius 3 is 2.84 bits per heavy atom. The topological polar surface area (TPSA) is 63.2 Å². The Morgan fingerprint density at radius 1 is 1.44 bits per heavy atom. The molecule has 1 saturated heterocycles. The Bertz CT molecular complexity index is 636. The van der Waals surface area contributed by atoms with Gasteiger partial charge in [-0.3, -0.25) is 9.79 Å². The number of nitrogens with one attached hydrogen (secondary N) is 1. The normalized spacial score (nSPS) is 20.5. The van der Waals surface area contributed by atoms with Gasteiger partial charge in [0.2, 0.25) is 0 Å². The fourth-order valence-electron chi connectivity index (χ4n) is 3.07. The molecule has 2 unspecified atom stereocenters. The van der Waals surface area contributed by atoms with Crippen LogP contribution in [-0.2, 0) is 16.1 Å². The zero-order valence-corrected chi connectivity index (χ0v) is 16.0. The van der Waals surface area contributed by atoms with Crippen LogP contribution in [0.1, 0.15) is 19.4 Å². The van der Waals surface area contributed by atoms with E-state index >= 15 is 0 Å². The minimum atomic E-state index is -0.165. The molecule has 2 rings (SSSR count). The molecule has 0 saturated carbocycles. The van der Waals surface area contributed by atoms with E-state index in [-0.39, 0.29) is 17.8 Å². The number of guanidine groups is 1. The first-order chi connectivity index (χ1) is 12.0.